The molecule has 4 aromatic heterocycles. The number of hydrogen-bond acceptors (Lipinski definition) is 2. The van der Waals surface area contributed by atoms with Crippen LogP contribution in [0.15, 0.2) is 120 Å². The first-order chi connectivity index (χ1) is 20.7. The van der Waals surface area contributed by atoms with Crippen LogP contribution in [0.4, 0.5) is 0 Å². The molecule has 0 aliphatic heterocycles. The first-order valence-corrected chi connectivity index (χ1v) is 24.1. The van der Waals surface area contributed by atoms with E-state index in [1.807, 2.05) is 144 Å². The van der Waals surface area contributed by atoms with E-state index in [1.165, 1.54) is 0 Å². The quantitative estimate of drug-likeness (QED) is 0.162. The van der Waals surface area contributed by atoms with Crippen LogP contribution in [0.3, 0.4) is 0 Å². The number of rotatable bonds is 2. The van der Waals surface area contributed by atoms with Gasteiger partial charge in [-0.3, -0.25) is 0 Å². The summed E-state index contributed by atoms with van der Waals surface area (Å²) in [6.45, 7) is 16.0. The van der Waals surface area contributed by atoms with Crippen molar-refractivity contribution in [2.45, 2.75) is 62.8 Å². The molecule has 0 amide bonds. The smallest absolute Gasteiger partial charge is 0.0933 e. The van der Waals surface area contributed by atoms with Gasteiger partial charge in [-0.15, -0.1) is 0 Å². The van der Waals surface area contributed by atoms with Crippen molar-refractivity contribution in [2.75, 3.05) is 0 Å². The fourth-order valence-electron chi connectivity index (χ4n) is 3.44. The Morgan fingerprint density at radius 2 is 1.02 bits per heavy atom. The van der Waals surface area contributed by atoms with Gasteiger partial charge in [0.1, 0.15) is 5.69 Å². The van der Waals surface area contributed by atoms with E-state index in [1.54, 1.807) is 0 Å². The molecule has 0 N–H and O–H groups in total. The van der Waals surface area contributed by atoms with E-state index in [-0.39, 0.29) is 7.43 Å². The van der Waals surface area contributed by atoms with Crippen molar-refractivity contribution in [3.63, 3.8) is 0 Å². The summed E-state index contributed by atoms with van der Waals surface area (Å²) < 4.78 is 4.81. The van der Waals surface area contributed by atoms with Gasteiger partial charge < -0.3 is 0 Å². The molecule has 4 heterocycles. The van der Waals surface area contributed by atoms with E-state index in [9.17, 15) is 0 Å². The molecule has 0 fully saturated rings. The Labute approximate surface area is 298 Å². The van der Waals surface area contributed by atoms with Gasteiger partial charge in [-0.05, 0) is 46.3 Å². The van der Waals surface area contributed by atoms with Crippen LogP contribution in [-0.2, 0) is 9.47 Å². The van der Waals surface area contributed by atoms with Crippen molar-refractivity contribution in [3.05, 3.63) is 120 Å². The van der Waals surface area contributed by atoms with Crippen LogP contribution >= 0.6 is 55.9 Å². The summed E-state index contributed by atoms with van der Waals surface area (Å²) in [7, 11) is 0.628. The summed E-state index contributed by atoms with van der Waals surface area (Å²) in [4.78, 5) is 0. The Morgan fingerprint density at radius 3 is 1.51 bits per heavy atom. The summed E-state index contributed by atoms with van der Waals surface area (Å²) in [5.74, 6) is 0. The third kappa shape index (κ3) is 14.3. The summed E-state index contributed by atoms with van der Waals surface area (Å²) in [6, 6.07) is 34.6. The minimum atomic E-state index is 0. The molecule has 0 radical (unpaired) electrons. The Kier molecular flexibility index (Phi) is 28.2. The van der Waals surface area contributed by atoms with Crippen LogP contribution in [0.25, 0.3) is 33.5 Å². The minimum Gasteiger partial charge on any atom is -0.240 e. The monoisotopic (exact) mass is 907 g/mol. The van der Waals surface area contributed by atoms with E-state index in [0.717, 1.165) is 38.0 Å². The van der Waals surface area contributed by atoms with Gasteiger partial charge in [0.15, 0.2) is 0 Å². The second kappa shape index (κ2) is 27.9. The number of hydrogen-bond donors (Lipinski definition) is 0. The fourth-order valence-corrected chi connectivity index (χ4v) is 4.06. The molecule has 233 valence electrons. The van der Waals surface area contributed by atoms with Crippen molar-refractivity contribution in [1.29, 1.82) is 0 Å². The maximum absolute atomic E-state index is 4.55. The van der Waals surface area contributed by atoms with Crippen LogP contribution in [0.1, 0.15) is 62.8 Å². The molecule has 4 nitrogen and oxygen atoms in total. The Balaban J connectivity index is 0. The standard InChI is InChI=1S/C13H9BrN2.C13H10N2.4C2H6.CH4.2HI.V/c14-12-11-8-4-5-9-16(11)15-13(12)10-6-2-1-3-7-10;1-2-6-11(7-3-1)13-10-12-8-4-5-9-15(12)14-13;4*1-2;;;;/h1-9H;1-10H;4*1-2H3;1H4;2*1H;/q;;;;;;;;;+2/p-2. The van der Waals surface area contributed by atoms with Crippen LogP contribution in [0, 0.1) is 0 Å². The molecule has 0 spiro atoms. The molecular formula is C35H47BrI2N4V. The number of pyridine rings is 2. The molecule has 43 heavy (non-hydrogen) atoms. The zero-order valence-electron chi connectivity index (χ0n) is 25.8. The number of aromatic nitrogens is 4. The van der Waals surface area contributed by atoms with Crippen molar-refractivity contribution in [3.8, 4) is 22.5 Å². The molecule has 0 unspecified atom stereocenters. The summed E-state index contributed by atoms with van der Waals surface area (Å²) >= 11 is 8.34. The number of halogens is 3. The summed E-state index contributed by atoms with van der Waals surface area (Å²) in [5.41, 5.74) is 6.48. The summed E-state index contributed by atoms with van der Waals surface area (Å²) in [6.07, 6.45) is 3.91. The van der Waals surface area contributed by atoms with Gasteiger partial charge in [0, 0.05) is 23.5 Å². The Hall–Kier alpha value is -1.66. The number of fused-ring (bicyclic) bond motifs is 2. The van der Waals surface area contributed by atoms with E-state index in [4.69, 9.17) is 0 Å². The van der Waals surface area contributed by atoms with Crippen LogP contribution in [-0.4, -0.2) is 19.2 Å². The first kappa shape index (κ1) is 43.5. The van der Waals surface area contributed by atoms with E-state index in [2.05, 4.69) is 102 Å². The predicted octanol–water partition coefficient (Wildman–Crippen LogP) is 13.3. The second-order valence-corrected chi connectivity index (χ2v) is 19.7. The van der Waals surface area contributed by atoms with Crippen molar-refractivity contribution >= 4 is 66.9 Å². The average molecular weight is 908 g/mol. The van der Waals surface area contributed by atoms with Crippen LogP contribution < -0.4 is 0 Å². The number of nitrogens with zero attached hydrogens (tertiary/aromatic N) is 4. The van der Waals surface area contributed by atoms with Crippen molar-refractivity contribution < 1.29 is 9.47 Å². The first-order valence-electron chi connectivity index (χ1n) is 14.3. The third-order valence-electron chi connectivity index (χ3n) is 4.97. The molecule has 6 aromatic rings. The zero-order chi connectivity index (χ0) is 31.8. The SMILES string of the molecule is Brc1c(-c2ccccc2)nn2ccccc12.C.CC.CC.CC.CC.[I][V][I].c1ccc(-c2cc3ccccn3n2)cc1. The Bertz CT molecular complexity index is 1440. The molecule has 0 saturated heterocycles. The molecule has 0 atom stereocenters. The third-order valence-corrected chi connectivity index (χ3v) is 5.75. The largest absolute Gasteiger partial charge is 0.240 e. The van der Waals surface area contributed by atoms with E-state index >= 15 is 0 Å². The Morgan fingerprint density at radius 1 is 0.581 bits per heavy atom. The second-order valence-electron chi connectivity index (χ2n) is 7.09. The predicted molar refractivity (Wildman–Crippen MR) is 209 cm³/mol. The van der Waals surface area contributed by atoms with E-state index in [0.29, 0.717) is 9.47 Å². The van der Waals surface area contributed by atoms with Gasteiger partial charge in [0.05, 0.1) is 21.2 Å². The zero-order valence-corrected chi connectivity index (χ0v) is 33.1. The van der Waals surface area contributed by atoms with Gasteiger partial charge >= 0.3 is 49.4 Å². The average Bonchev–Trinajstić information content (AvgIpc) is 3.68. The molecule has 2 aromatic carbocycles. The normalized spacial score (nSPS) is 8.63. The molecule has 0 bridgehead atoms. The molecule has 6 rings (SSSR count). The molecule has 8 heteroatoms. The minimum absolute atomic E-state index is 0. The van der Waals surface area contributed by atoms with Gasteiger partial charge in [-0.1, -0.05) is 136 Å². The van der Waals surface area contributed by atoms with Gasteiger partial charge in [-0.25, -0.2) is 9.03 Å². The van der Waals surface area contributed by atoms with Crippen LogP contribution in [0.2, 0.25) is 0 Å². The topological polar surface area (TPSA) is 34.6 Å². The van der Waals surface area contributed by atoms with E-state index < -0.39 is 0 Å². The fraction of sp³-hybridized carbons (Fsp3) is 0.257. The summed E-state index contributed by atoms with van der Waals surface area (Å²) in [5, 5.41) is 9.05. The maximum Gasteiger partial charge on any atom is 0.0933 e. The molecular weight excluding hydrogens is 861 g/mol. The molecule has 0 aliphatic rings. The molecule has 0 saturated carbocycles. The van der Waals surface area contributed by atoms with Crippen molar-refractivity contribution in [1.82, 2.24) is 19.2 Å². The molecule has 0 aliphatic carbocycles. The number of benzene rings is 2. The van der Waals surface area contributed by atoms with Crippen molar-refractivity contribution in [2.24, 2.45) is 0 Å². The maximum atomic E-state index is 4.55. The van der Waals surface area contributed by atoms with Crippen LogP contribution in [0.5, 0.6) is 0 Å². The van der Waals surface area contributed by atoms with Gasteiger partial charge in [0.2, 0.25) is 0 Å². The van der Waals surface area contributed by atoms with Gasteiger partial charge in [0.25, 0.3) is 0 Å². The van der Waals surface area contributed by atoms with Gasteiger partial charge in [-0.2, -0.15) is 10.2 Å².